The van der Waals surface area contributed by atoms with Crippen LogP contribution in [0.3, 0.4) is 0 Å². The SMILES string of the molecule is COS(=S)(=S)ONc1ccccc1. The molecule has 0 amide bonds. The zero-order valence-corrected chi connectivity index (χ0v) is 9.38. The van der Waals surface area contributed by atoms with E-state index in [9.17, 15) is 0 Å². The van der Waals surface area contributed by atoms with Crippen molar-refractivity contribution in [3.63, 3.8) is 0 Å². The van der Waals surface area contributed by atoms with Crippen LogP contribution in [0.25, 0.3) is 0 Å². The van der Waals surface area contributed by atoms with Crippen molar-refractivity contribution >= 4 is 35.8 Å². The topological polar surface area (TPSA) is 30.5 Å². The van der Waals surface area contributed by atoms with Crippen molar-refractivity contribution in [1.29, 1.82) is 0 Å². The van der Waals surface area contributed by atoms with Crippen LogP contribution < -0.4 is 5.48 Å². The predicted octanol–water partition coefficient (Wildman–Crippen LogP) is 1.58. The van der Waals surface area contributed by atoms with Crippen molar-refractivity contribution in [3.05, 3.63) is 30.3 Å². The van der Waals surface area contributed by atoms with Gasteiger partial charge in [0.1, 0.15) is 0 Å². The van der Waals surface area contributed by atoms with Gasteiger partial charge in [0.15, 0.2) is 7.71 Å². The van der Waals surface area contributed by atoms with Gasteiger partial charge in [-0.05, 0) is 12.1 Å². The minimum atomic E-state index is -2.26. The van der Waals surface area contributed by atoms with Crippen molar-refractivity contribution < 1.29 is 8.47 Å². The maximum absolute atomic E-state index is 5.01. The average Bonchev–Trinajstić information content (AvgIpc) is 2.17. The lowest BCUT2D eigenvalue weighted by Gasteiger charge is -2.09. The molecule has 0 saturated carbocycles. The van der Waals surface area contributed by atoms with Crippen LogP contribution in [0, 0.1) is 0 Å². The van der Waals surface area contributed by atoms with E-state index in [1.165, 1.54) is 7.11 Å². The molecule has 0 aliphatic rings. The number of hydrogen-bond donors (Lipinski definition) is 1. The third kappa shape index (κ3) is 3.97. The molecule has 0 atom stereocenters. The van der Waals surface area contributed by atoms with E-state index in [1.807, 2.05) is 30.3 Å². The Morgan fingerprint density at radius 3 is 2.38 bits per heavy atom. The van der Waals surface area contributed by atoms with Crippen molar-refractivity contribution in [2.75, 3.05) is 12.6 Å². The summed E-state index contributed by atoms with van der Waals surface area (Å²) >= 11 is 9.67. The van der Waals surface area contributed by atoms with Crippen molar-refractivity contribution in [3.8, 4) is 0 Å². The summed E-state index contributed by atoms with van der Waals surface area (Å²) in [5, 5.41) is 0. The fraction of sp³-hybridized carbons (Fsp3) is 0.143. The molecule has 72 valence electrons. The van der Waals surface area contributed by atoms with E-state index >= 15 is 0 Å². The Morgan fingerprint density at radius 2 is 1.85 bits per heavy atom. The Bertz CT molecular complexity index is 349. The summed E-state index contributed by atoms with van der Waals surface area (Å²) in [4.78, 5) is 0. The first-order valence-electron chi connectivity index (χ1n) is 3.44. The Kier molecular flexibility index (Phi) is 4.01. The maximum atomic E-state index is 5.01. The Morgan fingerprint density at radius 1 is 1.23 bits per heavy atom. The predicted molar refractivity (Wildman–Crippen MR) is 60.3 cm³/mol. The molecule has 0 fully saturated rings. The molecule has 0 aliphatic heterocycles. The van der Waals surface area contributed by atoms with Crippen LogP contribution in [0.1, 0.15) is 0 Å². The van der Waals surface area contributed by atoms with Gasteiger partial charge in [0, 0.05) is 22.4 Å². The molecule has 0 heterocycles. The van der Waals surface area contributed by atoms with Gasteiger partial charge in [-0.1, -0.05) is 18.2 Å². The summed E-state index contributed by atoms with van der Waals surface area (Å²) < 4.78 is 9.79. The zero-order valence-electron chi connectivity index (χ0n) is 6.93. The highest BCUT2D eigenvalue weighted by atomic mass is 33.1. The Hall–Kier alpha value is -0.270. The smallest absolute Gasteiger partial charge is 0.160 e. The van der Waals surface area contributed by atoms with E-state index in [1.54, 1.807) is 0 Å². The highest BCUT2D eigenvalue weighted by molar-refractivity contribution is 8.51. The van der Waals surface area contributed by atoms with Gasteiger partial charge in [-0.15, -0.1) is 0 Å². The molecule has 1 aromatic rings. The molecule has 0 spiro atoms. The highest BCUT2D eigenvalue weighted by Gasteiger charge is 1.98. The third-order valence-corrected chi connectivity index (χ3v) is 3.16. The van der Waals surface area contributed by atoms with Crippen LogP contribution in [-0.2, 0) is 38.6 Å². The highest BCUT2D eigenvalue weighted by Crippen LogP contribution is 2.06. The van der Waals surface area contributed by atoms with Crippen LogP contribution in [0.5, 0.6) is 0 Å². The third-order valence-electron chi connectivity index (χ3n) is 1.24. The first-order chi connectivity index (χ1) is 6.14. The second-order valence-corrected chi connectivity index (χ2v) is 6.71. The second-order valence-electron chi connectivity index (χ2n) is 2.13. The quantitative estimate of drug-likeness (QED) is 0.801. The van der Waals surface area contributed by atoms with Gasteiger partial charge in [-0.25, -0.2) is 0 Å². The number of nitrogens with one attached hydrogen (secondary N) is 1. The van der Waals surface area contributed by atoms with Gasteiger partial charge >= 0.3 is 0 Å². The summed E-state index contributed by atoms with van der Waals surface area (Å²) in [6.45, 7) is 0. The van der Waals surface area contributed by atoms with Crippen LogP contribution in [0.4, 0.5) is 5.69 Å². The molecule has 1 rings (SSSR count). The summed E-state index contributed by atoms with van der Waals surface area (Å²) in [7, 11) is -0.830. The first-order valence-corrected chi connectivity index (χ1v) is 6.77. The summed E-state index contributed by atoms with van der Waals surface area (Å²) in [5.74, 6) is 0. The van der Waals surface area contributed by atoms with Crippen molar-refractivity contribution in [2.24, 2.45) is 0 Å². The molecular formula is C7H9NO2S3. The minimum absolute atomic E-state index is 0.797. The Labute approximate surface area is 87.2 Å². The monoisotopic (exact) mass is 235 g/mol. The van der Waals surface area contributed by atoms with Gasteiger partial charge in [-0.2, -0.15) is 4.28 Å². The van der Waals surface area contributed by atoms with Gasteiger partial charge in [-0.3, -0.25) is 9.66 Å². The van der Waals surface area contributed by atoms with E-state index in [2.05, 4.69) is 5.48 Å². The fourth-order valence-corrected chi connectivity index (χ4v) is 1.11. The van der Waals surface area contributed by atoms with Gasteiger partial charge in [0.05, 0.1) is 12.8 Å². The lowest BCUT2D eigenvalue weighted by molar-refractivity contribution is 0.369. The fourth-order valence-electron chi connectivity index (χ4n) is 0.639. The number of hydrogen-bond acceptors (Lipinski definition) is 5. The van der Waals surface area contributed by atoms with Crippen molar-refractivity contribution in [2.45, 2.75) is 0 Å². The average molecular weight is 235 g/mol. The van der Waals surface area contributed by atoms with E-state index < -0.39 is 7.71 Å². The summed E-state index contributed by atoms with van der Waals surface area (Å²) in [6.07, 6.45) is 0. The zero-order chi connectivity index (χ0) is 9.73. The standard InChI is InChI=1S/C7H9NO2S3/c1-9-13(11,12)10-8-7-5-3-2-4-6-7/h2-6,8H,1H3. The molecule has 0 aromatic heterocycles. The van der Waals surface area contributed by atoms with E-state index in [0.717, 1.165) is 5.69 Å². The number of anilines is 1. The van der Waals surface area contributed by atoms with Crippen LogP contribution in [-0.4, -0.2) is 7.11 Å². The molecule has 0 radical (unpaired) electrons. The van der Waals surface area contributed by atoms with Gasteiger partial charge < -0.3 is 0 Å². The molecule has 0 saturated heterocycles. The number of benzene rings is 1. The molecule has 0 bridgehead atoms. The van der Waals surface area contributed by atoms with Crippen LogP contribution in [0.2, 0.25) is 0 Å². The lowest BCUT2D eigenvalue weighted by atomic mass is 10.3. The minimum Gasteiger partial charge on any atom is -0.292 e. The first kappa shape index (κ1) is 10.8. The number of para-hydroxylation sites is 1. The molecule has 3 nitrogen and oxygen atoms in total. The molecule has 1 N–H and O–H groups in total. The molecule has 13 heavy (non-hydrogen) atoms. The van der Waals surface area contributed by atoms with E-state index in [-0.39, 0.29) is 0 Å². The Balaban J connectivity index is 2.54. The number of rotatable bonds is 4. The normalized spacial score (nSPS) is 11.2. The van der Waals surface area contributed by atoms with Gasteiger partial charge in [0.25, 0.3) is 0 Å². The molecule has 0 unspecified atom stereocenters. The molecular weight excluding hydrogens is 226 g/mol. The molecule has 6 heteroatoms. The largest absolute Gasteiger partial charge is 0.292 e. The lowest BCUT2D eigenvalue weighted by Crippen LogP contribution is -2.09. The summed E-state index contributed by atoms with van der Waals surface area (Å²) in [6, 6.07) is 9.35. The van der Waals surface area contributed by atoms with Crippen LogP contribution >= 0.6 is 0 Å². The van der Waals surface area contributed by atoms with Crippen LogP contribution in [0.15, 0.2) is 30.3 Å². The maximum Gasteiger partial charge on any atom is 0.160 e. The summed E-state index contributed by atoms with van der Waals surface area (Å²) in [5.41, 5.74) is 3.44. The van der Waals surface area contributed by atoms with E-state index in [4.69, 9.17) is 30.8 Å². The molecule has 0 aliphatic carbocycles. The van der Waals surface area contributed by atoms with Gasteiger partial charge in [0.2, 0.25) is 0 Å². The molecule has 1 aromatic carbocycles. The van der Waals surface area contributed by atoms with E-state index in [0.29, 0.717) is 0 Å². The van der Waals surface area contributed by atoms with Crippen molar-refractivity contribution in [1.82, 2.24) is 0 Å². The second kappa shape index (κ2) is 4.83.